The molecule has 5 heteroatoms. The number of carbonyl (C=O) groups excluding carboxylic acids is 1. The van der Waals surface area contributed by atoms with E-state index in [2.05, 4.69) is 20.9 Å². The van der Waals surface area contributed by atoms with Gasteiger partial charge in [-0.2, -0.15) is 0 Å². The quantitative estimate of drug-likeness (QED) is 0.734. The van der Waals surface area contributed by atoms with Gasteiger partial charge in [0.25, 0.3) is 5.89 Å². The number of aromatic nitrogens is 2. The summed E-state index contributed by atoms with van der Waals surface area (Å²) >= 11 is 0. The molecule has 3 rings (SSSR count). The van der Waals surface area contributed by atoms with Crippen LogP contribution in [0.2, 0.25) is 0 Å². The molecule has 0 bridgehead atoms. The Morgan fingerprint density at radius 1 is 1.22 bits per heavy atom. The Morgan fingerprint density at radius 3 is 2.78 bits per heavy atom. The number of rotatable bonds is 7. The zero-order valence-corrected chi connectivity index (χ0v) is 13.4. The van der Waals surface area contributed by atoms with Gasteiger partial charge in [0.2, 0.25) is 5.78 Å². The summed E-state index contributed by atoms with van der Waals surface area (Å²) in [5.41, 5.74) is 1.14. The predicted octanol–water partition coefficient (Wildman–Crippen LogP) is 3.33. The van der Waals surface area contributed by atoms with E-state index in [1.165, 1.54) is 25.3 Å². The monoisotopic (exact) mass is 313 g/mol. The Hall–Kier alpha value is -2.01. The fraction of sp³-hybridized carbons (Fsp3) is 0.500. The van der Waals surface area contributed by atoms with Gasteiger partial charge in [0.1, 0.15) is 6.26 Å². The molecular formula is C18H23N3O2. The lowest BCUT2D eigenvalue weighted by Gasteiger charge is -2.31. The largest absolute Gasteiger partial charge is 0.442 e. The molecule has 0 aromatic carbocycles. The molecule has 0 unspecified atom stereocenters. The molecule has 0 N–H and O–H groups in total. The zero-order chi connectivity index (χ0) is 15.9. The minimum Gasteiger partial charge on any atom is -0.442 e. The van der Waals surface area contributed by atoms with Crippen molar-refractivity contribution in [3.05, 3.63) is 48.4 Å². The molecule has 1 aliphatic heterocycles. The Labute approximate surface area is 136 Å². The van der Waals surface area contributed by atoms with Crippen LogP contribution in [0, 0.1) is 5.92 Å². The van der Waals surface area contributed by atoms with Gasteiger partial charge in [-0.25, -0.2) is 4.98 Å². The van der Waals surface area contributed by atoms with Gasteiger partial charge in [-0.15, -0.1) is 0 Å². The number of oxazole rings is 1. The standard InChI is InChI=1S/C18H23N3O2/c22-17(18-20-10-13-23-18)6-3-4-15-7-11-21(12-8-15)14-16-5-1-2-9-19-16/h1-2,5,9-10,13,15H,3-4,6-8,11-12,14H2. The Kier molecular flexibility index (Phi) is 5.53. The summed E-state index contributed by atoms with van der Waals surface area (Å²) in [6.45, 7) is 3.18. The van der Waals surface area contributed by atoms with E-state index in [-0.39, 0.29) is 11.7 Å². The summed E-state index contributed by atoms with van der Waals surface area (Å²) in [5, 5.41) is 0. The minimum absolute atomic E-state index is 0.0163. The van der Waals surface area contributed by atoms with Crippen LogP contribution < -0.4 is 0 Å². The van der Waals surface area contributed by atoms with Crippen molar-refractivity contribution in [1.29, 1.82) is 0 Å². The molecule has 0 radical (unpaired) electrons. The topological polar surface area (TPSA) is 59.2 Å². The summed E-state index contributed by atoms with van der Waals surface area (Å²) < 4.78 is 5.04. The van der Waals surface area contributed by atoms with Crippen molar-refractivity contribution < 1.29 is 9.21 Å². The van der Waals surface area contributed by atoms with Gasteiger partial charge in [0, 0.05) is 19.2 Å². The van der Waals surface area contributed by atoms with Crippen molar-refractivity contribution in [3.63, 3.8) is 0 Å². The molecule has 3 heterocycles. The molecule has 0 atom stereocenters. The first-order valence-electron chi connectivity index (χ1n) is 8.36. The van der Waals surface area contributed by atoms with Crippen LogP contribution in [0.1, 0.15) is 48.5 Å². The van der Waals surface area contributed by atoms with Crippen molar-refractivity contribution in [1.82, 2.24) is 14.9 Å². The van der Waals surface area contributed by atoms with E-state index < -0.39 is 0 Å². The fourth-order valence-corrected chi connectivity index (χ4v) is 3.17. The second kappa shape index (κ2) is 8.02. The lowest BCUT2D eigenvalue weighted by molar-refractivity contribution is 0.0940. The number of Topliss-reactive ketones (excluding diaryl/α,β-unsaturated/α-hetero) is 1. The molecule has 2 aromatic heterocycles. The van der Waals surface area contributed by atoms with E-state index in [0.29, 0.717) is 6.42 Å². The lowest BCUT2D eigenvalue weighted by Crippen LogP contribution is -2.33. The molecule has 0 amide bonds. The first-order valence-corrected chi connectivity index (χ1v) is 8.36. The van der Waals surface area contributed by atoms with Crippen LogP contribution in [0.25, 0.3) is 0 Å². The smallest absolute Gasteiger partial charge is 0.263 e. The second-order valence-electron chi connectivity index (χ2n) is 6.19. The van der Waals surface area contributed by atoms with Crippen molar-refractivity contribution in [2.45, 2.75) is 38.6 Å². The van der Waals surface area contributed by atoms with Crippen molar-refractivity contribution >= 4 is 5.78 Å². The van der Waals surface area contributed by atoms with Gasteiger partial charge < -0.3 is 4.42 Å². The third kappa shape index (κ3) is 4.73. The van der Waals surface area contributed by atoms with E-state index in [1.54, 1.807) is 0 Å². The molecule has 0 aliphatic carbocycles. The maximum absolute atomic E-state index is 11.8. The maximum atomic E-state index is 11.8. The van der Waals surface area contributed by atoms with Crippen molar-refractivity contribution in [2.24, 2.45) is 5.92 Å². The van der Waals surface area contributed by atoms with Crippen molar-refractivity contribution in [2.75, 3.05) is 13.1 Å². The first kappa shape index (κ1) is 15.9. The van der Waals surface area contributed by atoms with E-state index in [9.17, 15) is 4.79 Å². The summed E-state index contributed by atoms with van der Waals surface area (Å²) in [4.78, 5) is 22.6. The molecule has 1 fully saturated rings. The molecule has 0 spiro atoms. The Balaban J connectivity index is 1.34. The second-order valence-corrected chi connectivity index (χ2v) is 6.19. The molecule has 0 saturated carbocycles. The molecule has 23 heavy (non-hydrogen) atoms. The van der Waals surface area contributed by atoms with Crippen LogP contribution in [0.4, 0.5) is 0 Å². The van der Waals surface area contributed by atoms with E-state index in [4.69, 9.17) is 4.42 Å². The number of nitrogens with zero attached hydrogens (tertiary/aromatic N) is 3. The van der Waals surface area contributed by atoms with Crippen LogP contribution in [-0.4, -0.2) is 33.7 Å². The predicted molar refractivity (Wildman–Crippen MR) is 86.9 cm³/mol. The van der Waals surface area contributed by atoms with Crippen molar-refractivity contribution in [3.8, 4) is 0 Å². The normalized spacial score (nSPS) is 16.5. The van der Waals surface area contributed by atoms with Crippen LogP contribution in [0.15, 0.2) is 41.3 Å². The number of ketones is 1. The Bertz CT molecular complexity index is 590. The number of hydrogen-bond donors (Lipinski definition) is 0. The number of pyridine rings is 1. The molecule has 122 valence electrons. The van der Waals surface area contributed by atoms with E-state index >= 15 is 0 Å². The average molecular weight is 313 g/mol. The summed E-state index contributed by atoms with van der Waals surface area (Å²) in [6.07, 6.45) is 9.81. The minimum atomic E-state index is 0.0163. The van der Waals surface area contributed by atoms with Gasteiger partial charge >= 0.3 is 0 Å². The number of piperidine rings is 1. The van der Waals surface area contributed by atoms with E-state index in [0.717, 1.165) is 44.1 Å². The lowest BCUT2D eigenvalue weighted by atomic mass is 9.91. The fourth-order valence-electron chi connectivity index (χ4n) is 3.17. The number of hydrogen-bond acceptors (Lipinski definition) is 5. The van der Waals surface area contributed by atoms with Gasteiger partial charge in [-0.05, 0) is 56.8 Å². The van der Waals surface area contributed by atoms with Gasteiger partial charge in [0.15, 0.2) is 0 Å². The summed E-state index contributed by atoms with van der Waals surface area (Å²) in [6, 6.07) is 6.08. The zero-order valence-electron chi connectivity index (χ0n) is 13.4. The van der Waals surface area contributed by atoms with E-state index in [1.807, 2.05) is 18.3 Å². The van der Waals surface area contributed by atoms with Crippen LogP contribution in [0.5, 0.6) is 0 Å². The highest BCUT2D eigenvalue weighted by Crippen LogP contribution is 2.23. The molecular weight excluding hydrogens is 290 g/mol. The number of carbonyl (C=O) groups is 1. The molecule has 5 nitrogen and oxygen atoms in total. The highest BCUT2D eigenvalue weighted by Gasteiger charge is 2.20. The Morgan fingerprint density at radius 2 is 2.09 bits per heavy atom. The van der Waals surface area contributed by atoms with Crippen LogP contribution >= 0.6 is 0 Å². The first-order chi connectivity index (χ1) is 11.3. The molecule has 1 aliphatic rings. The molecule has 1 saturated heterocycles. The summed E-state index contributed by atoms with van der Waals surface area (Å²) in [7, 11) is 0. The maximum Gasteiger partial charge on any atom is 0.263 e. The van der Waals surface area contributed by atoms with Crippen LogP contribution in [-0.2, 0) is 6.54 Å². The highest BCUT2D eigenvalue weighted by atomic mass is 16.3. The SMILES string of the molecule is O=C(CCCC1CCN(Cc2ccccn2)CC1)c1ncco1. The highest BCUT2D eigenvalue weighted by molar-refractivity contribution is 5.91. The van der Waals surface area contributed by atoms with Crippen LogP contribution in [0.3, 0.4) is 0 Å². The van der Waals surface area contributed by atoms with Gasteiger partial charge in [-0.1, -0.05) is 6.07 Å². The third-order valence-electron chi connectivity index (χ3n) is 4.51. The number of likely N-dealkylation sites (tertiary alicyclic amines) is 1. The van der Waals surface area contributed by atoms with Gasteiger partial charge in [0.05, 0.1) is 11.9 Å². The third-order valence-corrected chi connectivity index (χ3v) is 4.51. The summed E-state index contributed by atoms with van der Waals surface area (Å²) in [5.74, 6) is 0.991. The van der Waals surface area contributed by atoms with Gasteiger partial charge in [-0.3, -0.25) is 14.7 Å². The average Bonchev–Trinajstić information content (AvgIpc) is 3.12. The molecule has 2 aromatic rings.